The van der Waals surface area contributed by atoms with Crippen molar-refractivity contribution in [3.05, 3.63) is 102 Å². The van der Waals surface area contributed by atoms with Crippen LogP contribution in [0.25, 0.3) is 10.9 Å². The van der Waals surface area contributed by atoms with E-state index in [1.54, 1.807) is 42.7 Å². The molecule has 154 valence electrons. The molecule has 7 heteroatoms. The molecule has 0 radical (unpaired) electrons. The number of nitrogens with one attached hydrogen (secondary N) is 3. The Morgan fingerprint density at radius 3 is 2.65 bits per heavy atom. The molecular formula is C24H21N5O2. The summed E-state index contributed by atoms with van der Waals surface area (Å²) in [5.41, 5.74) is 5.67. The second-order valence-electron chi connectivity index (χ2n) is 6.98. The highest BCUT2D eigenvalue weighted by Crippen LogP contribution is 2.19. The van der Waals surface area contributed by atoms with Crippen molar-refractivity contribution in [1.82, 2.24) is 20.7 Å². The van der Waals surface area contributed by atoms with E-state index in [4.69, 9.17) is 0 Å². The summed E-state index contributed by atoms with van der Waals surface area (Å²) in [6.07, 6.45) is 6.98. The van der Waals surface area contributed by atoms with Crippen LogP contribution in [0.2, 0.25) is 0 Å². The van der Waals surface area contributed by atoms with E-state index >= 15 is 0 Å². The van der Waals surface area contributed by atoms with E-state index in [2.05, 4.69) is 25.8 Å². The number of hydrogen-bond donors (Lipinski definition) is 3. The lowest BCUT2D eigenvalue weighted by molar-refractivity contribution is -0.122. The lowest BCUT2D eigenvalue weighted by Crippen LogP contribution is -2.46. The topological polar surface area (TPSA) is 99.2 Å². The first kappa shape index (κ1) is 20.0. The normalized spacial score (nSPS) is 12.0. The Kier molecular flexibility index (Phi) is 6.13. The van der Waals surface area contributed by atoms with Gasteiger partial charge in [-0.05, 0) is 29.8 Å². The average Bonchev–Trinajstić information content (AvgIpc) is 3.22. The lowest BCUT2D eigenvalue weighted by atomic mass is 10.0. The fourth-order valence-corrected chi connectivity index (χ4v) is 3.26. The van der Waals surface area contributed by atoms with Gasteiger partial charge in [0.25, 0.3) is 11.8 Å². The Hall–Kier alpha value is -4.26. The van der Waals surface area contributed by atoms with Crippen LogP contribution in [0.5, 0.6) is 0 Å². The zero-order chi connectivity index (χ0) is 21.5. The summed E-state index contributed by atoms with van der Waals surface area (Å²) in [5.74, 6) is -0.730. The van der Waals surface area contributed by atoms with Crippen LogP contribution in [0.3, 0.4) is 0 Å². The number of benzene rings is 2. The molecule has 0 fully saturated rings. The van der Waals surface area contributed by atoms with Gasteiger partial charge in [-0.25, -0.2) is 5.43 Å². The molecule has 0 unspecified atom stereocenters. The molecule has 0 saturated heterocycles. The SMILES string of the molecule is O=C(N[C@@H](Cc1c[nH]c2ccccc12)C(=O)N/N=C\c1cccnc1)c1ccccc1. The van der Waals surface area contributed by atoms with Gasteiger partial charge in [-0.15, -0.1) is 0 Å². The Morgan fingerprint density at radius 2 is 1.84 bits per heavy atom. The molecule has 2 amide bonds. The highest BCUT2D eigenvalue weighted by Gasteiger charge is 2.23. The minimum atomic E-state index is -0.807. The second-order valence-corrected chi connectivity index (χ2v) is 6.98. The fourth-order valence-electron chi connectivity index (χ4n) is 3.26. The zero-order valence-corrected chi connectivity index (χ0v) is 16.7. The van der Waals surface area contributed by atoms with E-state index in [1.165, 1.54) is 6.21 Å². The van der Waals surface area contributed by atoms with Crippen molar-refractivity contribution in [2.45, 2.75) is 12.5 Å². The number of pyridine rings is 1. The van der Waals surface area contributed by atoms with Crippen LogP contribution in [0.15, 0.2) is 90.4 Å². The van der Waals surface area contributed by atoms with Gasteiger partial charge in [0.05, 0.1) is 6.21 Å². The number of H-pyrrole nitrogens is 1. The molecule has 0 bridgehead atoms. The van der Waals surface area contributed by atoms with Crippen LogP contribution in [-0.4, -0.2) is 34.0 Å². The number of hydrogen-bond acceptors (Lipinski definition) is 4. The number of rotatable bonds is 7. The Bertz CT molecular complexity index is 1200. The number of nitrogens with zero attached hydrogens (tertiary/aromatic N) is 2. The summed E-state index contributed by atoms with van der Waals surface area (Å²) in [5, 5.41) is 7.85. The molecule has 2 aromatic carbocycles. The average molecular weight is 411 g/mol. The van der Waals surface area contributed by atoms with E-state index in [-0.39, 0.29) is 5.91 Å². The molecule has 0 aliphatic carbocycles. The first-order valence-corrected chi connectivity index (χ1v) is 9.84. The largest absolute Gasteiger partial charge is 0.361 e. The van der Waals surface area contributed by atoms with Crippen LogP contribution < -0.4 is 10.7 Å². The van der Waals surface area contributed by atoms with Crippen LogP contribution in [0, 0.1) is 0 Å². The smallest absolute Gasteiger partial charge is 0.262 e. The van der Waals surface area contributed by atoms with Gasteiger partial charge < -0.3 is 10.3 Å². The van der Waals surface area contributed by atoms with Crippen molar-refractivity contribution in [3.63, 3.8) is 0 Å². The number of fused-ring (bicyclic) bond motifs is 1. The molecule has 7 nitrogen and oxygen atoms in total. The van der Waals surface area contributed by atoms with Crippen LogP contribution in [-0.2, 0) is 11.2 Å². The highest BCUT2D eigenvalue weighted by molar-refractivity contribution is 5.98. The maximum Gasteiger partial charge on any atom is 0.262 e. The third-order valence-corrected chi connectivity index (χ3v) is 4.83. The molecular weight excluding hydrogens is 390 g/mol. The second kappa shape index (κ2) is 9.49. The van der Waals surface area contributed by atoms with Crippen molar-refractivity contribution in [1.29, 1.82) is 0 Å². The fraction of sp³-hybridized carbons (Fsp3) is 0.0833. The maximum atomic E-state index is 12.9. The number of amides is 2. The monoisotopic (exact) mass is 411 g/mol. The summed E-state index contributed by atoms with van der Waals surface area (Å²) in [4.78, 5) is 32.8. The number of aromatic amines is 1. The predicted octanol–water partition coefficient (Wildman–Crippen LogP) is 3.05. The van der Waals surface area contributed by atoms with Gasteiger partial charge in [0, 0.05) is 47.0 Å². The van der Waals surface area contributed by atoms with Gasteiger partial charge in [-0.1, -0.05) is 42.5 Å². The molecule has 3 N–H and O–H groups in total. The van der Waals surface area contributed by atoms with Gasteiger partial charge >= 0.3 is 0 Å². The molecule has 2 heterocycles. The van der Waals surface area contributed by atoms with Crippen LogP contribution >= 0.6 is 0 Å². The van der Waals surface area contributed by atoms with Crippen molar-refractivity contribution in [2.75, 3.05) is 0 Å². The number of aromatic nitrogens is 2. The zero-order valence-electron chi connectivity index (χ0n) is 16.7. The third-order valence-electron chi connectivity index (χ3n) is 4.83. The van der Waals surface area contributed by atoms with Crippen LogP contribution in [0.4, 0.5) is 0 Å². The van der Waals surface area contributed by atoms with Gasteiger partial charge in [-0.3, -0.25) is 14.6 Å². The van der Waals surface area contributed by atoms with Crippen molar-refractivity contribution in [3.8, 4) is 0 Å². The van der Waals surface area contributed by atoms with Gasteiger partial charge in [0.1, 0.15) is 6.04 Å². The summed E-state index contributed by atoms with van der Waals surface area (Å²) in [7, 11) is 0. The van der Waals surface area contributed by atoms with Crippen molar-refractivity contribution < 1.29 is 9.59 Å². The minimum Gasteiger partial charge on any atom is -0.361 e. The summed E-state index contributed by atoms with van der Waals surface area (Å²) in [6.45, 7) is 0. The van der Waals surface area contributed by atoms with Gasteiger partial charge in [-0.2, -0.15) is 5.10 Å². The lowest BCUT2D eigenvalue weighted by Gasteiger charge is -2.17. The maximum absolute atomic E-state index is 12.9. The number of carbonyl (C=O) groups is 2. The Balaban J connectivity index is 1.53. The van der Waals surface area contributed by atoms with Gasteiger partial charge in [0.2, 0.25) is 0 Å². The first-order chi connectivity index (χ1) is 15.2. The molecule has 31 heavy (non-hydrogen) atoms. The van der Waals surface area contributed by atoms with E-state index < -0.39 is 11.9 Å². The molecule has 0 saturated carbocycles. The summed E-state index contributed by atoms with van der Waals surface area (Å²) < 4.78 is 0. The Morgan fingerprint density at radius 1 is 1.03 bits per heavy atom. The van der Waals surface area contributed by atoms with Crippen molar-refractivity contribution >= 4 is 28.9 Å². The first-order valence-electron chi connectivity index (χ1n) is 9.84. The van der Waals surface area contributed by atoms with E-state index in [1.807, 2.05) is 42.6 Å². The van der Waals surface area contributed by atoms with Gasteiger partial charge in [0.15, 0.2) is 0 Å². The molecule has 4 aromatic rings. The standard InChI is InChI=1S/C24H21N5O2/c30-23(18-8-2-1-3-9-18)28-22(13-19-16-26-21-11-5-4-10-20(19)21)24(31)29-27-15-17-7-6-12-25-14-17/h1-12,14-16,22,26H,13H2,(H,28,30)(H,29,31)/b27-15-/t22-/m0/s1. The Labute approximate surface area is 179 Å². The number of carbonyl (C=O) groups excluding carboxylic acids is 2. The summed E-state index contributed by atoms with van der Waals surface area (Å²) >= 11 is 0. The third kappa shape index (κ3) is 5.02. The van der Waals surface area contributed by atoms with E-state index in [0.717, 1.165) is 22.0 Å². The van der Waals surface area contributed by atoms with Crippen LogP contribution in [0.1, 0.15) is 21.5 Å². The van der Waals surface area contributed by atoms with E-state index in [9.17, 15) is 9.59 Å². The molecule has 0 aliphatic rings. The molecule has 0 spiro atoms. The molecule has 0 aliphatic heterocycles. The molecule has 4 rings (SSSR count). The quantitative estimate of drug-likeness (QED) is 0.322. The predicted molar refractivity (Wildman–Crippen MR) is 120 cm³/mol. The number of hydrazone groups is 1. The summed E-state index contributed by atoms with van der Waals surface area (Å²) in [6, 6.07) is 19.4. The minimum absolute atomic E-state index is 0.316. The highest BCUT2D eigenvalue weighted by atomic mass is 16.2. The molecule has 1 atom stereocenters. The number of para-hydroxylation sites is 1. The van der Waals surface area contributed by atoms with Crippen molar-refractivity contribution in [2.24, 2.45) is 5.10 Å². The molecule has 2 aromatic heterocycles. The van der Waals surface area contributed by atoms with E-state index in [0.29, 0.717) is 12.0 Å².